The third kappa shape index (κ3) is 3.67. The number of aromatic nitrogens is 3. The van der Waals surface area contributed by atoms with Crippen LogP contribution in [-0.4, -0.2) is 39.9 Å². The number of fused-ring (bicyclic) bond motifs is 1. The first-order chi connectivity index (χ1) is 17.1. The maximum Gasteiger partial charge on any atom is 0.162 e. The van der Waals surface area contributed by atoms with Crippen LogP contribution < -0.4 is 11.1 Å². The highest BCUT2D eigenvalue weighted by molar-refractivity contribution is 5.78. The number of hydrogen-bond acceptors (Lipinski definition) is 5. The summed E-state index contributed by atoms with van der Waals surface area (Å²) in [5.74, 6) is 0.511. The van der Waals surface area contributed by atoms with E-state index in [0.717, 1.165) is 46.9 Å². The second-order valence-corrected chi connectivity index (χ2v) is 10.5. The lowest BCUT2D eigenvalue weighted by atomic mass is 9.55. The molecular formula is C29H34N6. The van der Waals surface area contributed by atoms with E-state index in [1.165, 1.54) is 36.9 Å². The Kier molecular flexibility index (Phi) is 5.66. The van der Waals surface area contributed by atoms with E-state index < -0.39 is 0 Å². The molecule has 3 N–H and O–H groups in total. The summed E-state index contributed by atoms with van der Waals surface area (Å²) in [6.07, 6.45) is 15.3. The molecule has 3 aromatic rings. The van der Waals surface area contributed by atoms with E-state index in [4.69, 9.17) is 10.7 Å². The van der Waals surface area contributed by atoms with Gasteiger partial charge in [-0.25, -0.2) is 9.50 Å². The van der Waals surface area contributed by atoms with Crippen molar-refractivity contribution >= 4 is 23.6 Å². The molecule has 1 saturated heterocycles. The number of benzene rings is 1. The van der Waals surface area contributed by atoms with Gasteiger partial charge >= 0.3 is 0 Å². The van der Waals surface area contributed by atoms with E-state index in [-0.39, 0.29) is 0 Å². The third-order valence-corrected chi connectivity index (χ3v) is 8.63. The molecule has 4 atom stereocenters. The second-order valence-electron chi connectivity index (χ2n) is 10.5. The first-order valence-electron chi connectivity index (χ1n) is 12.9. The average Bonchev–Trinajstić information content (AvgIpc) is 3.46. The molecule has 1 aromatic carbocycles. The van der Waals surface area contributed by atoms with Crippen molar-refractivity contribution in [1.29, 1.82) is 0 Å². The van der Waals surface area contributed by atoms with Gasteiger partial charge in [0.25, 0.3) is 0 Å². The highest BCUT2D eigenvalue weighted by Crippen LogP contribution is 2.63. The van der Waals surface area contributed by atoms with Gasteiger partial charge in [0.15, 0.2) is 5.65 Å². The number of allylic oxidation sites excluding steroid dienone is 3. The highest BCUT2D eigenvalue weighted by atomic mass is 15.2. The van der Waals surface area contributed by atoms with Crippen molar-refractivity contribution in [3.8, 4) is 0 Å². The van der Waals surface area contributed by atoms with Crippen molar-refractivity contribution < 1.29 is 0 Å². The summed E-state index contributed by atoms with van der Waals surface area (Å²) in [6.45, 7) is 6.56. The molecule has 6 rings (SSSR count). The van der Waals surface area contributed by atoms with Gasteiger partial charge in [-0.05, 0) is 75.9 Å². The molecule has 1 spiro atoms. The molecular weight excluding hydrogens is 432 g/mol. The van der Waals surface area contributed by atoms with Crippen LogP contribution in [0.5, 0.6) is 0 Å². The summed E-state index contributed by atoms with van der Waals surface area (Å²) < 4.78 is 1.95. The summed E-state index contributed by atoms with van der Waals surface area (Å²) in [4.78, 5) is 9.54. The normalized spacial score (nSPS) is 27.8. The number of piperidine rings is 1. The maximum absolute atomic E-state index is 5.87. The van der Waals surface area contributed by atoms with E-state index in [9.17, 15) is 0 Å². The van der Waals surface area contributed by atoms with Gasteiger partial charge in [0, 0.05) is 40.7 Å². The minimum atomic E-state index is 0.511. The number of nitrogens with zero attached hydrogens (tertiary/aromatic N) is 4. The molecule has 3 heterocycles. The van der Waals surface area contributed by atoms with Crippen molar-refractivity contribution in [3.63, 3.8) is 0 Å². The molecule has 1 aliphatic heterocycles. The summed E-state index contributed by atoms with van der Waals surface area (Å²) in [5, 5.41) is 8.48. The summed E-state index contributed by atoms with van der Waals surface area (Å²) in [5.41, 5.74) is 14.0. The fourth-order valence-corrected chi connectivity index (χ4v) is 6.58. The SMILES string of the molecule is C=N/C(=C\C=C(/C)c1cnn2cc(CCCN)c(C3CC4NC5CCC54C3)nc12)c1ccccc1. The lowest BCUT2D eigenvalue weighted by Crippen LogP contribution is -2.73. The molecule has 3 aliphatic rings. The van der Waals surface area contributed by atoms with E-state index >= 15 is 0 Å². The average molecular weight is 467 g/mol. The minimum Gasteiger partial charge on any atom is -0.330 e. The van der Waals surface area contributed by atoms with Crippen LogP contribution in [0.25, 0.3) is 16.9 Å². The Morgan fingerprint density at radius 2 is 2.14 bits per heavy atom. The third-order valence-electron chi connectivity index (χ3n) is 8.63. The molecule has 2 aromatic heterocycles. The number of nitrogens with one attached hydrogen (secondary N) is 1. The molecule has 4 unspecified atom stereocenters. The van der Waals surface area contributed by atoms with E-state index in [1.807, 2.05) is 47.1 Å². The monoisotopic (exact) mass is 466 g/mol. The van der Waals surface area contributed by atoms with Crippen molar-refractivity contribution in [2.24, 2.45) is 16.1 Å². The summed E-state index contributed by atoms with van der Waals surface area (Å²) >= 11 is 0. The zero-order valence-corrected chi connectivity index (χ0v) is 20.5. The Morgan fingerprint density at radius 3 is 2.83 bits per heavy atom. The maximum atomic E-state index is 5.87. The topological polar surface area (TPSA) is 80.6 Å². The molecule has 6 heteroatoms. The molecule has 6 nitrogen and oxygen atoms in total. The number of aryl methyl sites for hydroxylation is 1. The molecule has 0 amide bonds. The van der Waals surface area contributed by atoms with Crippen LogP contribution in [0.1, 0.15) is 67.3 Å². The van der Waals surface area contributed by atoms with Crippen molar-refractivity contribution in [2.45, 2.75) is 63.5 Å². The molecule has 180 valence electrons. The zero-order chi connectivity index (χ0) is 24.0. The standard InChI is InChI=1S/C29H34N6/c1-19(10-11-24(31-2)20-7-4-3-5-8-20)23-17-32-35-18-21(9-6-14-30)27(34-28(23)35)22-15-26-29(16-22)13-12-25(29)33-26/h3-5,7-8,10-11,17-18,22,25-26,33H,2,6,9,12-16,30H2,1H3/b19-10+,24-11-. The molecule has 2 aliphatic carbocycles. The van der Waals surface area contributed by atoms with Gasteiger partial charge in [0.2, 0.25) is 0 Å². The molecule has 2 saturated carbocycles. The van der Waals surface area contributed by atoms with Gasteiger partial charge in [0.1, 0.15) is 0 Å². The van der Waals surface area contributed by atoms with Crippen LogP contribution in [0.2, 0.25) is 0 Å². The molecule has 3 fully saturated rings. The van der Waals surface area contributed by atoms with E-state index in [0.29, 0.717) is 23.9 Å². The zero-order valence-electron chi connectivity index (χ0n) is 20.5. The number of aliphatic imine (C=N–C) groups is 1. The second kappa shape index (κ2) is 8.85. The number of nitrogens with two attached hydrogens (primary N) is 1. The Balaban J connectivity index is 1.36. The van der Waals surface area contributed by atoms with Crippen molar-refractivity contribution in [1.82, 2.24) is 19.9 Å². The molecule has 35 heavy (non-hydrogen) atoms. The van der Waals surface area contributed by atoms with E-state index in [1.54, 1.807) is 0 Å². The highest BCUT2D eigenvalue weighted by Gasteiger charge is 2.64. The Hall–Kier alpha value is -3.09. The number of rotatable bonds is 8. The first kappa shape index (κ1) is 22.4. The van der Waals surface area contributed by atoms with Crippen LogP contribution in [-0.2, 0) is 6.42 Å². The number of hydrogen-bond donors (Lipinski definition) is 2. The van der Waals surface area contributed by atoms with E-state index in [2.05, 4.69) is 41.3 Å². The largest absolute Gasteiger partial charge is 0.330 e. The van der Waals surface area contributed by atoms with Crippen LogP contribution in [0, 0.1) is 5.41 Å². The first-order valence-corrected chi connectivity index (χ1v) is 12.9. The van der Waals surface area contributed by atoms with Crippen molar-refractivity contribution in [3.05, 3.63) is 77.3 Å². The lowest BCUT2D eigenvalue weighted by molar-refractivity contribution is -0.0567. The van der Waals surface area contributed by atoms with Crippen LogP contribution in [0.4, 0.5) is 0 Å². The predicted molar refractivity (Wildman–Crippen MR) is 142 cm³/mol. The van der Waals surface area contributed by atoms with Gasteiger partial charge in [-0.2, -0.15) is 5.10 Å². The fraction of sp³-hybridized carbons (Fsp3) is 0.414. The van der Waals surface area contributed by atoms with Crippen LogP contribution in [0.15, 0.2) is 59.9 Å². The predicted octanol–water partition coefficient (Wildman–Crippen LogP) is 4.76. The minimum absolute atomic E-state index is 0.511. The van der Waals surface area contributed by atoms with Crippen LogP contribution in [0.3, 0.4) is 0 Å². The Morgan fingerprint density at radius 1 is 1.29 bits per heavy atom. The fourth-order valence-electron chi connectivity index (χ4n) is 6.58. The van der Waals surface area contributed by atoms with Gasteiger partial charge in [-0.1, -0.05) is 36.4 Å². The lowest BCUT2D eigenvalue weighted by Gasteiger charge is -2.62. The van der Waals surface area contributed by atoms with Crippen LogP contribution >= 0.6 is 0 Å². The summed E-state index contributed by atoms with van der Waals surface area (Å²) in [7, 11) is 0. The summed E-state index contributed by atoms with van der Waals surface area (Å²) in [6, 6.07) is 11.5. The van der Waals surface area contributed by atoms with Gasteiger partial charge < -0.3 is 11.1 Å². The molecule has 0 radical (unpaired) electrons. The van der Waals surface area contributed by atoms with Crippen molar-refractivity contribution in [2.75, 3.05) is 6.54 Å². The quantitative estimate of drug-likeness (QED) is 0.370. The van der Waals surface area contributed by atoms with Gasteiger partial charge in [0.05, 0.1) is 17.6 Å². The van der Waals surface area contributed by atoms with Gasteiger partial charge in [-0.3, -0.25) is 4.99 Å². The Bertz CT molecular complexity index is 1320. The molecule has 0 bridgehead atoms. The van der Waals surface area contributed by atoms with Gasteiger partial charge in [-0.15, -0.1) is 0 Å². The smallest absolute Gasteiger partial charge is 0.162 e. The Labute approximate surface area is 207 Å².